The van der Waals surface area contributed by atoms with Gasteiger partial charge in [-0.05, 0) is 34.1 Å². The average molecular weight is 287 g/mol. The van der Waals surface area contributed by atoms with Crippen LogP contribution in [0.2, 0.25) is 0 Å². The maximum Gasteiger partial charge on any atom is 0.159 e. The van der Waals surface area contributed by atoms with Crippen LogP contribution in [0.1, 0.15) is 0 Å². The van der Waals surface area contributed by atoms with Gasteiger partial charge in [0.25, 0.3) is 0 Å². The molecular weight excluding hydrogens is 280 g/mol. The van der Waals surface area contributed by atoms with Crippen molar-refractivity contribution in [1.29, 1.82) is 0 Å². The third-order valence-electron chi connectivity index (χ3n) is 2.33. The summed E-state index contributed by atoms with van der Waals surface area (Å²) in [6.07, 6.45) is 6.71. The Hall–Kier alpha value is -1.88. The molecule has 3 heterocycles. The minimum atomic E-state index is 0.705. The summed E-state index contributed by atoms with van der Waals surface area (Å²) in [6, 6.07) is 5.88. The Labute approximate surface area is 106 Å². The number of halogens is 1. The molecule has 0 aliphatic heterocycles. The molecule has 0 atom stereocenters. The van der Waals surface area contributed by atoms with Crippen molar-refractivity contribution in [3.8, 4) is 11.4 Å². The summed E-state index contributed by atoms with van der Waals surface area (Å²) in [5, 5.41) is 0.993. The van der Waals surface area contributed by atoms with Crippen LogP contribution in [0.15, 0.2) is 47.5 Å². The third kappa shape index (κ3) is 2.01. The van der Waals surface area contributed by atoms with E-state index in [-0.39, 0.29) is 0 Å². The van der Waals surface area contributed by atoms with E-state index in [9.17, 15) is 0 Å². The van der Waals surface area contributed by atoms with E-state index < -0.39 is 0 Å². The summed E-state index contributed by atoms with van der Waals surface area (Å²) >= 11 is 3.38. The van der Waals surface area contributed by atoms with E-state index in [1.54, 1.807) is 24.8 Å². The van der Waals surface area contributed by atoms with E-state index in [2.05, 4.69) is 35.9 Å². The van der Waals surface area contributed by atoms with Crippen LogP contribution in [0, 0.1) is 0 Å². The lowest BCUT2D eigenvalue weighted by molar-refractivity contribution is 1.18. The molecular formula is C12H7BrN4. The highest BCUT2D eigenvalue weighted by atomic mass is 79.9. The minimum absolute atomic E-state index is 0.705. The Morgan fingerprint density at radius 1 is 0.941 bits per heavy atom. The molecule has 0 fully saturated rings. The molecule has 17 heavy (non-hydrogen) atoms. The van der Waals surface area contributed by atoms with Crippen molar-refractivity contribution in [1.82, 2.24) is 19.9 Å². The van der Waals surface area contributed by atoms with E-state index in [4.69, 9.17) is 0 Å². The zero-order valence-corrected chi connectivity index (χ0v) is 10.3. The number of rotatable bonds is 1. The summed E-state index contributed by atoms with van der Waals surface area (Å²) in [7, 11) is 0. The van der Waals surface area contributed by atoms with Crippen LogP contribution in [0.3, 0.4) is 0 Å². The molecule has 3 aromatic rings. The van der Waals surface area contributed by atoms with Crippen LogP contribution in [0.25, 0.3) is 22.4 Å². The number of hydrogen-bond donors (Lipinski definition) is 0. The van der Waals surface area contributed by atoms with Crippen molar-refractivity contribution in [3.63, 3.8) is 0 Å². The molecule has 0 N–H and O–H groups in total. The summed E-state index contributed by atoms with van der Waals surface area (Å²) in [6.45, 7) is 0. The van der Waals surface area contributed by atoms with E-state index in [1.165, 1.54) is 0 Å². The fraction of sp³-hybridized carbons (Fsp3) is 0. The smallest absolute Gasteiger partial charge is 0.159 e. The van der Waals surface area contributed by atoms with Crippen molar-refractivity contribution < 1.29 is 0 Å². The number of aromatic nitrogens is 4. The van der Waals surface area contributed by atoms with Crippen molar-refractivity contribution >= 4 is 27.0 Å². The van der Waals surface area contributed by atoms with Crippen LogP contribution in [0.5, 0.6) is 0 Å². The minimum Gasteiger partial charge on any atom is -0.261 e. The Kier molecular flexibility index (Phi) is 2.53. The Bertz CT molecular complexity index is 670. The Morgan fingerprint density at radius 2 is 1.88 bits per heavy atom. The molecule has 5 heteroatoms. The quantitative estimate of drug-likeness (QED) is 0.690. The first kappa shape index (κ1) is 10.3. The molecule has 82 valence electrons. The molecule has 0 unspecified atom stereocenters. The highest BCUT2D eigenvalue weighted by Crippen LogP contribution is 2.19. The number of nitrogens with zero attached hydrogens (tertiary/aromatic N) is 4. The van der Waals surface area contributed by atoms with Crippen molar-refractivity contribution in [3.05, 3.63) is 47.5 Å². The summed E-state index contributed by atoms with van der Waals surface area (Å²) < 4.78 is 0.944. The van der Waals surface area contributed by atoms with Gasteiger partial charge in [-0.2, -0.15) is 0 Å². The molecule has 0 saturated carbocycles. The van der Waals surface area contributed by atoms with Gasteiger partial charge in [0.2, 0.25) is 0 Å². The topological polar surface area (TPSA) is 51.6 Å². The molecule has 0 radical (unpaired) electrons. The first-order valence-corrected chi connectivity index (χ1v) is 5.81. The normalized spacial score (nSPS) is 10.6. The van der Waals surface area contributed by atoms with Gasteiger partial charge in [-0.15, -0.1) is 0 Å². The van der Waals surface area contributed by atoms with Gasteiger partial charge in [-0.1, -0.05) is 0 Å². The standard InChI is InChI=1S/C12H7BrN4/c13-9-5-8-1-2-10(17-12(8)16-6-9)11-7-14-3-4-15-11/h1-7H. The van der Waals surface area contributed by atoms with Crippen LogP contribution in [-0.4, -0.2) is 19.9 Å². The second kappa shape index (κ2) is 4.18. The number of hydrogen-bond acceptors (Lipinski definition) is 4. The van der Waals surface area contributed by atoms with Gasteiger partial charge in [0.1, 0.15) is 5.69 Å². The predicted octanol–water partition coefficient (Wildman–Crippen LogP) is 2.85. The third-order valence-corrected chi connectivity index (χ3v) is 2.77. The Balaban J connectivity index is 2.17. The second-order valence-corrected chi connectivity index (χ2v) is 4.40. The molecule has 0 amide bonds. The van der Waals surface area contributed by atoms with Gasteiger partial charge in [0.05, 0.1) is 11.9 Å². The predicted molar refractivity (Wildman–Crippen MR) is 68.3 cm³/mol. The van der Waals surface area contributed by atoms with Crippen LogP contribution in [0.4, 0.5) is 0 Å². The van der Waals surface area contributed by atoms with E-state index in [0.29, 0.717) is 5.65 Å². The van der Waals surface area contributed by atoms with Gasteiger partial charge in [-0.25, -0.2) is 9.97 Å². The van der Waals surface area contributed by atoms with Gasteiger partial charge in [-0.3, -0.25) is 9.97 Å². The fourth-order valence-electron chi connectivity index (χ4n) is 1.56. The zero-order valence-electron chi connectivity index (χ0n) is 8.71. The van der Waals surface area contributed by atoms with Crippen LogP contribution < -0.4 is 0 Å². The molecule has 0 spiro atoms. The van der Waals surface area contributed by atoms with Crippen molar-refractivity contribution in [2.45, 2.75) is 0 Å². The highest BCUT2D eigenvalue weighted by molar-refractivity contribution is 9.10. The lowest BCUT2D eigenvalue weighted by Gasteiger charge is -2.01. The largest absolute Gasteiger partial charge is 0.261 e. The van der Waals surface area contributed by atoms with Gasteiger partial charge < -0.3 is 0 Å². The molecule has 0 aliphatic carbocycles. The van der Waals surface area contributed by atoms with E-state index in [0.717, 1.165) is 21.2 Å². The van der Waals surface area contributed by atoms with Crippen molar-refractivity contribution in [2.24, 2.45) is 0 Å². The molecule has 0 saturated heterocycles. The van der Waals surface area contributed by atoms with Crippen LogP contribution >= 0.6 is 15.9 Å². The Morgan fingerprint density at radius 3 is 2.71 bits per heavy atom. The molecule has 3 aromatic heterocycles. The lowest BCUT2D eigenvalue weighted by atomic mass is 10.2. The second-order valence-electron chi connectivity index (χ2n) is 3.49. The molecule has 0 bridgehead atoms. The van der Waals surface area contributed by atoms with E-state index in [1.807, 2.05) is 18.2 Å². The van der Waals surface area contributed by atoms with Crippen LogP contribution in [-0.2, 0) is 0 Å². The fourth-order valence-corrected chi connectivity index (χ4v) is 1.91. The lowest BCUT2D eigenvalue weighted by Crippen LogP contribution is -1.90. The monoisotopic (exact) mass is 286 g/mol. The summed E-state index contributed by atoms with van der Waals surface area (Å²) in [5.74, 6) is 0. The highest BCUT2D eigenvalue weighted by Gasteiger charge is 2.03. The maximum absolute atomic E-state index is 4.45. The summed E-state index contributed by atoms with van der Waals surface area (Å²) in [5.41, 5.74) is 2.23. The first-order chi connectivity index (χ1) is 8.33. The SMILES string of the molecule is Brc1cnc2nc(-c3cnccn3)ccc2c1. The number of fused-ring (bicyclic) bond motifs is 1. The molecule has 0 aliphatic rings. The van der Waals surface area contributed by atoms with Gasteiger partial charge in [0.15, 0.2) is 5.65 Å². The van der Waals surface area contributed by atoms with Crippen molar-refractivity contribution in [2.75, 3.05) is 0 Å². The van der Waals surface area contributed by atoms with E-state index >= 15 is 0 Å². The number of pyridine rings is 2. The maximum atomic E-state index is 4.45. The van der Waals surface area contributed by atoms with Gasteiger partial charge >= 0.3 is 0 Å². The van der Waals surface area contributed by atoms with Gasteiger partial charge in [0, 0.05) is 28.4 Å². The average Bonchev–Trinajstić information content (AvgIpc) is 2.39. The molecule has 3 rings (SSSR count). The first-order valence-electron chi connectivity index (χ1n) is 5.01. The summed E-state index contributed by atoms with van der Waals surface area (Å²) in [4.78, 5) is 16.9. The zero-order chi connectivity index (χ0) is 11.7. The molecule has 4 nitrogen and oxygen atoms in total. The molecule has 0 aromatic carbocycles.